The molecule has 0 aliphatic rings. The van der Waals surface area contributed by atoms with Gasteiger partial charge in [0.25, 0.3) is 0 Å². The van der Waals surface area contributed by atoms with Crippen molar-refractivity contribution in [3.8, 4) is 0 Å². The predicted octanol–water partition coefficient (Wildman–Crippen LogP) is 3.26. The fourth-order valence-corrected chi connectivity index (χ4v) is 2.37. The molecule has 17 heavy (non-hydrogen) atoms. The maximum Gasteiger partial charge on any atom is 0.186 e. The van der Waals surface area contributed by atoms with Gasteiger partial charge in [-0.15, -0.1) is 0 Å². The van der Waals surface area contributed by atoms with Crippen LogP contribution in [0.25, 0.3) is 6.08 Å². The largest absolute Gasteiger partial charge is 0.354 e. The normalized spacial score (nSPS) is 13.2. The van der Waals surface area contributed by atoms with Crippen LogP contribution in [0.2, 0.25) is 5.15 Å². The van der Waals surface area contributed by atoms with E-state index in [2.05, 4.69) is 30.2 Å². The highest BCUT2D eigenvalue weighted by atomic mass is 35.5. The molecular weight excluding hydrogens is 254 g/mol. The average molecular weight is 274 g/mol. The molecule has 0 bridgehead atoms. The number of thiazole rings is 1. The molecule has 1 aromatic rings. The first kappa shape index (κ1) is 14.5. The molecule has 0 saturated carbocycles. The van der Waals surface area contributed by atoms with Crippen LogP contribution in [0.15, 0.2) is 6.08 Å². The van der Waals surface area contributed by atoms with Crippen LogP contribution in [0.3, 0.4) is 0 Å². The predicted molar refractivity (Wildman–Crippen MR) is 78.2 cm³/mol. The van der Waals surface area contributed by atoms with Crippen molar-refractivity contribution in [2.45, 2.75) is 26.3 Å². The van der Waals surface area contributed by atoms with Crippen LogP contribution in [0.5, 0.6) is 0 Å². The Morgan fingerprint density at radius 3 is 2.76 bits per heavy atom. The van der Waals surface area contributed by atoms with Crippen LogP contribution in [-0.2, 0) is 0 Å². The highest BCUT2D eigenvalue weighted by Crippen LogP contribution is 2.29. The van der Waals surface area contributed by atoms with Gasteiger partial charge in [-0.2, -0.15) is 0 Å². The third-order valence-electron chi connectivity index (χ3n) is 2.23. The van der Waals surface area contributed by atoms with Gasteiger partial charge < -0.3 is 10.2 Å². The minimum atomic E-state index is 0.357. The summed E-state index contributed by atoms with van der Waals surface area (Å²) in [6.07, 6.45) is 5.30. The third kappa shape index (κ3) is 4.66. The molecule has 1 rings (SSSR count). The molecule has 0 spiro atoms. The zero-order valence-electron chi connectivity index (χ0n) is 10.8. The van der Waals surface area contributed by atoms with E-state index in [1.807, 2.05) is 25.1 Å². The van der Waals surface area contributed by atoms with E-state index in [-0.39, 0.29) is 0 Å². The van der Waals surface area contributed by atoms with Crippen molar-refractivity contribution in [2.24, 2.45) is 0 Å². The number of rotatable bonds is 6. The Bertz CT molecular complexity index is 374. The second kappa shape index (κ2) is 6.99. The lowest BCUT2D eigenvalue weighted by Crippen LogP contribution is -2.24. The summed E-state index contributed by atoms with van der Waals surface area (Å²) in [6, 6.07) is 0.357. The summed E-state index contributed by atoms with van der Waals surface area (Å²) in [5.74, 6) is 0. The lowest BCUT2D eigenvalue weighted by molar-refractivity contribution is 0.625. The third-order valence-corrected chi connectivity index (χ3v) is 3.82. The first-order valence-electron chi connectivity index (χ1n) is 5.79. The molecule has 1 N–H and O–H groups in total. The van der Waals surface area contributed by atoms with Crippen LogP contribution < -0.4 is 10.2 Å². The van der Waals surface area contributed by atoms with Crippen molar-refractivity contribution < 1.29 is 0 Å². The molecular formula is C12H20ClN3S. The lowest BCUT2D eigenvalue weighted by Gasteiger charge is -2.06. The molecule has 0 aromatic carbocycles. The minimum Gasteiger partial charge on any atom is -0.354 e. The number of nitrogens with one attached hydrogen (secondary N) is 1. The van der Waals surface area contributed by atoms with Gasteiger partial charge in [0, 0.05) is 20.1 Å². The zero-order chi connectivity index (χ0) is 12.8. The second-order valence-corrected chi connectivity index (χ2v) is 5.51. The SMILES string of the molecule is CCCNC(C)/C=C/c1sc(N(C)C)nc1Cl. The zero-order valence-corrected chi connectivity index (χ0v) is 12.4. The van der Waals surface area contributed by atoms with Gasteiger partial charge in [0.2, 0.25) is 0 Å². The van der Waals surface area contributed by atoms with Crippen LogP contribution in [-0.4, -0.2) is 31.7 Å². The maximum absolute atomic E-state index is 6.08. The molecule has 5 heteroatoms. The molecule has 1 aromatic heterocycles. The number of anilines is 1. The van der Waals surface area contributed by atoms with E-state index in [0.717, 1.165) is 23.0 Å². The van der Waals surface area contributed by atoms with E-state index in [1.165, 1.54) is 0 Å². The van der Waals surface area contributed by atoms with Crippen molar-refractivity contribution in [3.63, 3.8) is 0 Å². The van der Waals surface area contributed by atoms with Gasteiger partial charge in [-0.3, -0.25) is 0 Å². The van der Waals surface area contributed by atoms with Crippen molar-refractivity contribution >= 4 is 34.1 Å². The number of aromatic nitrogens is 1. The van der Waals surface area contributed by atoms with E-state index in [1.54, 1.807) is 11.3 Å². The minimum absolute atomic E-state index is 0.357. The van der Waals surface area contributed by atoms with Gasteiger partial charge in [-0.1, -0.05) is 35.9 Å². The first-order valence-corrected chi connectivity index (χ1v) is 6.99. The van der Waals surface area contributed by atoms with Gasteiger partial charge >= 0.3 is 0 Å². The van der Waals surface area contributed by atoms with Gasteiger partial charge in [0.05, 0.1) is 4.88 Å². The van der Waals surface area contributed by atoms with E-state index >= 15 is 0 Å². The van der Waals surface area contributed by atoms with Gasteiger partial charge in [-0.05, 0) is 26.0 Å². The molecule has 1 unspecified atom stereocenters. The monoisotopic (exact) mass is 273 g/mol. The number of nitrogens with zero attached hydrogens (tertiary/aromatic N) is 2. The van der Waals surface area contributed by atoms with E-state index in [0.29, 0.717) is 11.2 Å². The Labute approximate surface area is 112 Å². The first-order chi connectivity index (χ1) is 8.04. The smallest absolute Gasteiger partial charge is 0.186 e. The average Bonchev–Trinajstić information content (AvgIpc) is 2.65. The molecule has 0 aliphatic carbocycles. The summed E-state index contributed by atoms with van der Waals surface area (Å²) in [5, 5.41) is 4.91. The van der Waals surface area contributed by atoms with E-state index < -0.39 is 0 Å². The van der Waals surface area contributed by atoms with E-state index in [4.69, 9.17) is 11.6 Å². The lowest BCUT2D eigenvalue weighted by atomic mass is 10.3. The number of hydrogen-bond donors (Lipinski definition) is 1. The van der Waals surface area contributed by atoms with Crippen molar-refractivity contribution in [1.82, 2.24) is 10.3 Å². The Balaban J connectivity index is 2.64. The second-order valence-electron chi connectivity index (χ2n) is 4.15. The Hall–Kier alpha value is -0.580. The molecule has 3 nitrogen and oxygen atoms in total. The number of hydrogen-bond acceptors (Lipinski definition) is 4. The molecule has 1 atom stereocenters. The number of halogens is 1. The molecule has 0 aliphatic heterocycles. The Morgan fingerprint density at radius 2 is 2.24 bits per heavy atom. The molecule has 0 radical (unpaired) electrons. The summed E-state index contributed by atoms with van der Waals surface area (Å²) in [7, 11) is 3.93. The van der Waals surface area contributed by atoms with Gasteiger partial charge in [0.1, 0.15) is 5.15 Å². The Morgan fingerprint density at radius 1 is 1.53 bits per heavy atom. The van der Waals surface area contributed by atoms with Crippen molar-refractivity contribution in [3.05, 3.63) is 16.1 Å². The summed E-state index contributed by atoms with van der Waals surface area (Å²) in [4.78, 5) is 7.27. The summed E-state index contributed by atoms with van der Waals surface area (Å²) >= 11 is 7.68. The maximum atomic E-state index is 6.08. The van der Waals surface area contributed by atoms with Gasteiger partial charge in [-0.25, -0.2) is 4.98 Å². The fourth-order valence-electron chi connectivity index (χ4n) is 1.27. The highest BCUT2D eigenvalue weighted by molar-refractivity contribution is 7.17. The van der Waals surface area contributed by atoms with Gasteiger partial charge in [0.15, 0.2) is 5.13 Å². The molecule has 96 valence electrons. The highest BCUT2D eigenvalue weighted by Gasteiger charge is 2.08. The topological polar surface area (TPSA) is 28.2 Å². The summed E-state index contributed by atoms with van der Waals surface area (Å²) in [6.45, 7) is 5.33. The van der Waals surface area contributed by atoms with Crippen LogP contribution in [0, 0.1) is 0 Å². The van der Waals surface area contributed by atoms with Crippen molar-refractivity contribution in [2.75, 3.05) is 25.5 Å². The van der Waals surface area contributed by atoms with E-state index in [9.17, 15) is 0 Å². The summed E-state index contributed by atoms with van der Waals surface area (Å²) in [5.41, 5.74) is 0. The molecule has 0 saturated heterocycles. The standard InChI is InChI=1S/C12H20ClN3S/c1-5-8-14-9(2)6-7-10-11(13)15-12(17-10)16(3)4/h6-7,9,14H,5,8H2,1-4H3/b7-6+. The fraction of sp³-hybridized carbons (Fsp3) is 0.583. The van der Waals surface area contributed by atoms with Crippen LogP contribution in [0.4, 0.5) is 5.13 Å². The van der Waals surface area contributed by atoms with Crippen LogP contribution in [0.1, 0.15) is 25.1 Å². The van der Waals surface area contributed by atoms with Crippen LogP contribution >= 0.6 is 22.9 Å². The summed E-state index contributed by atoms with van der Waals surface area (Å²) < 4.78 is 0. The molecule has 1 heterocycles. The van der Waals surface area contributed by atoms with Crippen molar-refractivity contribution in [1.29, 1.82) is 0 Å². The molecule has 0 amide bonds. The quantitative estimate of drug-likeness (QED) is 0.862. The molecule has 0 fully saturated rings. The Kier molecular flexibility index (Phi) is 5.95.